The monoisotopic (exact) mass is 282 g/mol. The predicted molar refractivity (Wildman–Crippen MR) is 80.9 cm³/mol. The molecule has 4 heteroatoms. The third kappa shape index (κ3) is 3.28. The Hall–Kier alpha value is -1.06. The van der Waals surface area contributed by atoms with E-state index in [0.717, 1.165) is 31.7 Å². The molecule has 1 heterocycles. The Balaban J connectivity index is 0.00000180. The lowest BCUT2D eigenvalue weighted by atomic mass is 9.80. The summed E-state index contributed by atoms with van der Waals surface area (Å²) in [6, 6.07) is 8.16. The molecule has 1 saturated heterocycles. The predicted octanol–water partition coefficient (Wildman–Crippen LogP) is 2.13. The van der Waals surface area contributed by atoms with Crippen molar-refractivity contribution in [2.75, 3.05) is 26.2 Å². The van der Waals surface area contributed by atoms with Gasteiger partial charge in [-0.1, -0.05) is 24.3 Å². The molecule has 0 radical (unpaired) electrons. The minimum absolute atomic E-state index is 0. The molecule has 0 aromatic heterocycles. The van der Waals surface area contributed by atoms with Crippen molar-refractivity contribution in [3.63, 3.8) is 0 Å². The normalized spacial score (nSPS) is 15.8. The first-order valence-electron chi connectivity index (χ1n) is 6.59. The molecule has 0 bridgehead atoms. The van der Waals surface area contributed by atoms with E-state index < -0.39 is 5.41 Å². The fourth-order valence-corrected chi connectivity index (χ4v) is 2.65. The van der Waals surface area contributed by atoms with Crippen molar-refractivity contribution in [1.82, 2.24) is 10.2 Å². The molecular formula is C15H23ClN2O. The molecule has 1 aliphatic rings. The number of benzene rings is 1. The number of nitrogens with zero attached hydrogens (tertiary/aromatic N) is 1. The van der Waals surface area contributed by atoms with Gasteiger partial charge in [0.05, 0.1) is 5.41 Å². The number of carbonyl (C=O) groups excluding carboxylic acids is 1. The molecule has 2 rings (SSSR count). The average Bonchev–Trinajstić information content (AvgIpc) is 2.39. The molecule has 1 fully saturated rings. The quantitative estimate of drug-likeness (QED) is 0.901. The number of aryl methyl sites for hydroxylation is 1. The van der Waals surface area contributed by atoms with Crippen LogP contribution in [0.4, 0.5) is 0 Å². The van der Waals surface area contributed by atoms with E-state index in [1.54, 1.807) is 0 Å². The molecule has 0 unspecified atom stereocenters. The molecule has 1 aromatic carbocycles. The highest BCUT2D eigenvalue weighted by molar-refractivity contribution is 5.88. The minimum Gasteiger partial charge on any atom is -0.339 e. The highest BCUT2D eigenvalue weighted by Gasteiger charge is 2.34. The van der Waals surface area contributed by atoms with Gasteiger partial charge >= 0.3 is 0 Å². The van der Waals surface area contributed by atoms with E-state index in [1.165, 1.54) is 5.56 Å². The van der Waals surface area contributed by atoms with Gasteiger partial charge in [0.15, 0.2) is 0 Å². The summed E-state index contributed by atoms with van der Waals surface area (Å²) in [4.78, 5) is 14.6. The molecular weight excluding hydrogens is 260 g/mol. The topological polar surface area (TPSA) is 32.3 Å². The van der Waals surface area contributed by atoms with Gasteiger partial charge in [-0.15, -0.1) is 12.4 Å². The van der Waals surface area contributed by atoms with Crippen molar-refractivity contribution >= 4 is 18.3 Å². The zero-order valence-electron chi connectivity index (χ0n) is 11.9. The van der Waals surface area contributed by atoms with Crippen LogP contribution >= 0.6 is 12.4 Å². The Morgan fingerprint density at radius 3 is 2.37 bits per heavy atom. The van der Waals surface area contributed by atoms with E-state index in [0.29, 0.717) is 0 Å². The molecule has 1 amide bonds. The third-order valence-electron chi connectivity index (χ3n) is 3.76. The van der Waals surface area contributed by atoms with Crippen LogP contribution in [0.3, 0.4) is 0 Å². The smallest absolute Gasteiger partial charge is 0.232 e. The summed E-state index contributed by atoms with van der Waals surface area (Å²) in [5, 5.41) is 3.28. The summed E-state index contributed by atoms with van der Waals surface area (Å²) in [6.45, 7) is 9.55. The maximum atomic E-state index is 12.7. The maximum Gasteiger partial charge on any atom is 0.232 e. The zero-order chi connectivity index (χ0) is 13.2. The van der Waals surface area contributed by atoms with E-state index >= 15 is 0 Å². The van der Waals surface area contributed by atoms with Gasteiger partial charge in [0, 0.05) is 26.2 Å². The molecule has 1 aromatic rings. The van der Waals surface area contributed by atoms with E-state index in [9.17, 15) is 4.79 Å². The van der Waals surface area contributed by atoms with Gasteiger partial charge in [-0.3, -0.25) is 4.79 Å². The summed E-state index contributed by atoms with van der Waals surface area (Å²) < 4.78 is 0. The van der Waals surface area contributed by atoms with Crippen molar-refractivity contribution < 1.29 is 4.79 Å². The van der Waals surface area contributed by atoms with E-state index in [1.807, 2.05) is 30.9 Å². The Labute approximate surface area is 121 Å². The van der Waals surface area contributed by atoms with Crippen molar-refractivity contribution in [3.8, 4) is 0 Å². The van der Waals surface area contributed by atoms with Gasteiger partial charge in [-0.2, -0.15) is 0 Å². The van der Waals surface area contributed by atoms with Crippen LogP contribution in [0.1, 0.15) is 25.0 Å². The lowest BCUT2D eigenvalue weighted by Gasteiger charge is -2.35. The molecule has 106 valence electrons. The summed E-state index contributed by atoms with van der Waals surface area (Å²) >= 11 is 0. The number of rotatable bonds is 2. The first kappa shape index (κ1) is 16.0. The average molecular weight is 283 g/mol. The van der Waals surface area contributed by atoms with Crippen LogP contribution < -0.4 is 5.32 Å². The molecule has 1 aliphatic heterocycles. The molecule has 0 spiro atoms. The first-order chi connectivity index (χ1) is 8.53. The second-order valence-corrected chi connectivity index (χ2v) is 5.48. The first-order valence-corrected chi connectivity index (χ1v) is 6.59. The molecule has 0 aliphatic carbocycles. The van der Waals surface area contributed by atoms with Crippen LogP contribution in [0, 0.1) is 6.92 Å². The van der Waals surface area contributed by atoms with Gasteiger partial charge in [0.25, 0.3) is 0 Å². The van der Waals surface area contributed by atoms with Crippen LogP contribution in [0.25, 0.3) is 0 Å². The molecule has 1 N–H and O–H groups in total. The molecule has 0 saturated carbocycles. The highest BCUT2D eigenvalue weighted by atomic mass is 35.5. The fourth-order valence-electron chi connectivity index (χ4n) is 2.65. The van der Waals surface area contributed by atoms with E-state index in [2.05, 4.69) is 24.4 Å². The van der Waals surface area contributed by atoms with E-state index in [4.69, 9.17) is 0 Å². The van der Waals surface area contributed by atoms with Gasteiger partial charge < -0.3 is 10.2 Å². The number of nitrogens with one attached hydrogen (secondary N) is 1. The van der Waals surface area contributed by atoms with Crippen molar-refractivity contribution in [2.45, 2.75) is 26.2 Å². The SMILES string of the molecule is Cc1ccccc1C(C)(C)C(=O)N1CCNCC1.Cl. The number of hydrogen-bond acceptors (Lipinski definition) is 2. The second kappa shape index (κ2) is 6.40. The van der Waals surface area contributed by atoms with Crippen molar-refractivity contribution in [3.05, 3.63) is 35.4 Å². The summed E-state index contributed by atoms with van der Waals surface area (Å²) in [5.74, 6) is 0.235. The Bertz CT molecular complexity index is 440. The van der Waals surface area contributed by atoms with Crippen LogP contribution in [-0.2, 0) is 10.2 Å². The van der Waals surface area contributed by atoms with Gasteiger partial charge in [0.2, 0.25) is 5.91 Å². The second-order valence-electron chi connectivity index (χ2n) is 5.48. The Morgan fingerprint density at radius 2 is 1.79 bits per heavy atom. The van der Waals surface area contributed by atoms with Crippen molar-refractivity contribution in [1.29, 1.82) is 0 Å². The zero-order valence-corrected chi connectivity index (χ0v) is 12.7. The Kier molecular flexibility index (Phi) is 5.39. The number of hydrogen-bond donors (Lipinski definition) is 1. The van der Waals surface area contributed by atoms with Crippen LogP contribution in [0.15, 0.2) is 24.3 Å². The number of amides is 1. The standard InChI is InChI=1S/C15H22N2O.ClH/c1-12-6-4-5-7-13(12)15(2,3)14(18)17-10-8-16-9-11-17;/h4-7,16H,8-11H2,1-3H3;1H. The summed E-state index contributed by atoms with van der Waals surface area (Å²) in [6.07, 6.45) is 0. The summed E-state index contributed by atoms with van der Waals surface area (Å²) in [7, 11) is 0. The fraction of sp³-hybridized carbons (Fsp3) is 0.533. The van der Waals surface area contributed by atoms with Gasteiger partial charge in [-0.25, -0.2) is 0 Å². The van der Waals surface area contributed by atoms with E-state index in [-0.39, 0.29) is 18.3 Å². The summed E-state index contributed by atoms with van der Waals surface area (Å²) in [5.41, 5.74) is 1.88. The van der Waals surface area contributed by atoms with Crippen LogP contribution in [0.5, 0.6) is 0 Å². The molecule has 3 nitrogen and oxygen atoms in total. The largest absolute Gasteiger partial charge is 0.339 e. The number of piperazine rings is 1. The third-order valence-corrected chi connectivity index (χ3v) is 3.76. The maximum absolute atomic E-state index is 12.7. The minimum atomic E-state index is -0.442. The van der Waals surface area contributed by atoms with Crippen molar-refractivity contribution in [2.24, 2.45) is 0 Å². The molecule has 19 heavy (non-hydrogen) atoms. The Morgan fingerprint density at radius 1 is 1.21 bits per heavy atom. The lowest BCUT2D eigenvalue weighted by Crippen LogP contribution is -2.52. The highest BCUT2D eigenvalue weighted by Crippen LogP contribution is 2.28. The molecule has 0 atom stereocenters. The lowest BCUT2D eigenvalue weighted by molar-refractivity contribution is -0.136. The van der Waals surface area contributed by atoms with Gasteiger partial charge in [0.1, 0.15) is 0 Å². The van der Waals surface area contributed by atoms with Gasteiger partial charge in [-0.05, 0) is 31.9 Å². The number of carbonyl (C=O) groups is 1. The number of halogens is 1. The van der Waals surface area contributed by atoms with Crippen LogP contribution in [0.2, 0.25) is 0 Å². The van der Waals surface area contributed by atoms with Crippen LogP contribution in [-0.4, -0.2) is 37.0 Å².